The fourth-order valence-electron chi connectivity index (χ4n) is 1.11. The quantitative estimate of drug-likeness (QED) is 0.498. The molecule has 0 unspecified atom stereocenters. The second-order valence-corrected chi connectivity index (χ2v) is 2.91. The van der Waals surface area contributed by atoms with Crippen molar-refractivity contribution in [1.29, 1.82) is 0 Å². The van der Waals surface area contributed by atoms with E-state index in [4.69, 9.17) is 5.11 Å². The molecule has 1 rings (SSSR count). The molecule has 1 aromatic rings. The highest BCUT2D eigenvalue weighted by Gasteiger charge is 2.38. The van der Waals surface area contributed by atoms with Crippen molar-refractivity contribution in [1.82, 2.24) is 0 Å². The second kappa shape index (κ2) is 4.00. The number of carboxylic acid groups (broad SMARTS) is 1. The predicted molar refractivity (Wildman–Crippen MR) is 45.0 cm³/mol. The zero-order valence-electron chi connectivity index (χ0n) is 7.79. The Hall–Kier alpha value is -2.19. The zero-order chi connectivity index (χ0) is 13.4. The van der Waals surface area contributed by atoms with Crippen LogP contribution in [0.3, 0.4) is 0 Å². The van der Waals surface area contributed by atoms with E-state index in [0.29, 0.717) is 0 Å². The first kappa shape index (κ1) is 12.9. The van der Waals surface area contributed by atoms with Gasteiger partial charge in [-0.3, -0.25) is 10.1 Å². The summed E-state index contributed by atoms with van der Waals surface area (Å²) in [6.45, 7) is 0. The van der Waals surface area contributed by atoms with Crippen molar-refractivity contribution in [3.05, 3.63) is 39.2 Å². The normalized spacial score (nSPS) is 11.3. The molecule has 0 saturated carbocycles. The van der Waals surface area contributed by atoms with Crippen LogP contribution in [0.5, 0.6) is 0 Å². The Morgan fingerprint density at radius 2 is 1.88 bits per heavy atom. The van der Waals surface area contributed by atoms with Gasteiger partial charge in [-0.25, -0.2) is 4.79 Å². The van der Waals surface area contributed by atoms with E-state index in [0.717, 1.165) is 0 Å². The van der Waals surface area contributed by atoms with Crippen molar-refractivity contribution in [2.24, 2.45) is 0 Å². The van der Waals surface area contributed by atoms with Crippen molar-refractivity contribution < 1.29 is 32.4 Å². The zero-order valence-corrected chi connectivity index (χ0v) is 7.79. The standard InChI is InChI=1S/C8H3F4NO4/c9-5-1-3(7(14)15)4(8(10,11)12)2-6(5)13(16)17/h1-2H,(H,14,15). The molecule has 0 fully saturated rings. The lowest BCUT2D eigenvalue weighted by atomic mass is 10.1. The van der Waals surface area contributed by atoms with E-state index in [1.807, 2.05) is 0 Å². The van der Waals surface area contributed by atoms with Crippen LogP contribution in [0.15, 0.2) is 12.1 Å². The van der Waals surface area contributed by atoms with Crippen molar-refractivity contribution in [3.63, 3.8) is 0 Å². The van der Waals surface area contributed by atoms with Crippen LogP contribution < -0.4 is 0 Å². The van der Waals surface area contributed by atoms with E-state index < -0.39 is 39.7 Å². The van der Waals surface area contributed by atoms with E-state index in [-0.39, 0.29) is 12.1 Å². The number of nitro benzene ring substituents is 1. The van der Waals surface area contributed by atoms with E-state index >= 15 is 0 Å². The van der Waals surface area contributed by atoms with Gasteiger partial charge in [-0.2, -0.15) is 17.6 Å². The maximum atomic E-state index is 13.0. The molecule has 92 valence electrons. The number of aromatic carboxylic acids is 1. The summed E-state index contributed by atoms with van der Waals surface area (Å²) in [4.78, 5) is 19.3. The maximum absolute atomic E-state index is 13.0. The summed E-state index contributed by atoms with van der Waals surface area (Å²) >= 11 is 0. The molecular formula is C8H3F4NO4. The summed E-state index contributed by atoms with van der Waals surface area (Å²) in [5, 5.41) is 18.7. The van der Waals surface area contributed by atoms with Gasteiger partial charge in [0.1, 0.15) is 0 Å². The number of rotatable bonds is 2. The average molecular weight is 253 g/mol. The molecule has 9 heteroatoms. The van der Waals surface area contributed by atoms with Gasteiger partial charge in [-0.05, 0) is 6.07 Å². The lowest BCUT2D eigenvalue weighted by molar-refractivity contribution is -0.387. The summed E-state index contributed by atoms with van der Waals surface area (Å²) < 4.78 is 50.1. The smallest absolute Gasteiger partial charge is 0.417 e. The molecule has 0 aliphatic heterocycles. The molecule has 0 atom stereocenters. The minimum Gasteiger partial charge on any atom is -0.478 e. The minimum absolute atomic E-state index is 0.0245. The van der Waals surface area contributed by atoms with E-state index in [1.54, 1.807) is 0 Å². The number of nitro groups is 1. The Morgan fingerprint density at radius 1 is 1.35 bits per heavy atom. The molecule has 0 spiro atoms. The average Bonchev–Trinajstić information content (AvgIpc) is 2.14. The van der Waals surface area contributed by atoms with Crippen LogP contribution in [0.4, 0.5) is 23.2 Å². The Balaban J connectivity index is 3.60. The number of nitrogens with zero attached hydrogens (tertiary/aromatic N) is 1. The molecule has 0 radical (unpaired) electrons. The van der Waals surface area contributed by atoms with Crippen LogP contribution in [0.2, 0.25) is 0 Å². The SMILES string of the molecule is O=C(O)c1cc(F)c([N+](=O)[O-])cc1C(F)(F)F. The summed E-state index contributed by atoms with van der Waals surface area (Å²) in [5.74, 6) is -3.66. The monoisotopic (exact) mass is 253 g/mol. The third kappa shape index (κ3) is 2.49. The van der Waals surface area contributed by atoms with E-state index in [2.05, 4.69) is 0 Å². The Kier molecular flexibility index (Phi) is 3.03. The fraction of sp³-hybridized carbons (Fsp3) is 0.125. The van der Waals surface area contributed by atoms with Crippen LogP contribution in [0, 0.1) is 15.9 Å². The number of carbonyl (C=O) groups is 1. The van der Waals surface area contributed by atoms with Gasteiger partial charge in [0.05, 0.1) is 16.1 Å². The van der Waals surface area contributed by atoms with Crippen molar-refractivity contribution in [2.45, 2.75) is 6.18 Å². The first-order valence-electron chi connectivity index (χ1n) is 3.93. The third-order valence-corrected chi connectivity index (χ3v) is 1.82. The molecule has 0 aliphatic carbocycles. The fourth-order valence-corrected chi connectivity index (χ4v) is 1.11. The molecule has 0 heterocycles. The Morgan fingerprint density at radius 3 is 2.24 bits per heavy atom. The summed E-state index contributed by atoms with van der Waals surface area (Å²) in [6, 6.07) is -0.165. The maximum Gasteiger partial charge on any atom is 0.417 e. The summed E-state index contributed by atoms with van der Waals surface area (Å²) in [6.07, 6.45) is -5.12. The summed E-state index contributed by atoms with van der Waals surface area (Å²) in [5.41, 5.74) is -4.57. The molecule has 0 aliphatic rings. The van der Waals surface area contributed by atoms with Crippen LogP contribution in [0.1, 0.15) is 15.9 Å². The lowest BCUT2D eigenvalue weighted by Crippen LogP contribution is -2.14. The molecular weight excluding hydrogens is 250 g/mol. The van der Waals surface area contributed by atoms with Gasteiger partial charge >= 0.3 is 17.8 Å². The van der Waals surface area contributed by atoms with E-state index in [9.17, 15) is 32.5 Å². The minimum atomic E-state index is -5.12. The van der Waals surface area contributed by atoms with Gasteiger partial charge in [-0.15, -0.1) is 0 Å². The van der Waals surface area contributed by atoms with Gasteiger partial charge in [-0.1, -0.05) is 0 Å². The number of hydrogen-bond donors (Lipinski definition) is 1. The Bertz CT molecular complexity index is 497. The first-order valence-corrected chi connectivity index (χ1v) is 3.93. The molecule has 0 amide bonds. The van der Waals surface area contributed by atoms with Crippen molar-refractivity contribution in [2.75, 3.05) is 0 Å². The lowest BCUT2D eigenvalue weighted by Gasteiger charge is -2.09. The van der Waals surface area contributed by atoms with Gasteiger partial charge in [0.2, 0.25) is 5.82 Å². The van der Waals surface area contributed by atoms with E-state index in [1.165, 1.54) is 0 Å². The van der Waals surface area contributed by atoms with Gasteiger partial charge in [0.15, 0.2) is 0 Å². The van der Waals surface area contributed by atoms with Crippen LogP contribution in [0.25, 0.3) is 0 Å². The summed E-state index contributed by atoms with van der Waals surface area (Å²) in [7, 11) is 0. The first-order chi connectivity index (χ1) is 7.64. The highest BCUT2D eigenvalue weighted by Crippen LogP contribution is 2.35. The third-order valence-electron chi connectivity index (χ3n) is 1.82. The highest BCUT2D eigenvalue weighted by atomic mass is 19.4. The largest absolute Gasteiger partial charge is 0.478 e. The number of benzene rings is 1. The van der Waals surface area contributed by atoms with Crippen LogP contribution in [-0.2, 0) is 6.18 Å². The Labute approximate surface area is 90.4 Å². The molecule has 0 aromatic heterocycles. The number of halogens is 4. The van der Waals surface area contributed by atoms with Gasteiger partial charge < -0.3 is 5.11 Å². The number of alkyl halides is 3. The molecule has 5 nitrogen and oxygen atoms in total. The number of hydrogen-bond acceptors (Lipinski definition) is 3. The topological polar surface area (TPSA) is 80.4 Å². The molecule has 1 N–H and O–H groups in total. The van der Waals surface area contributed by atoms with Crippen LogP contribution >= 0.6 is 0 Å². The van der Waals surface area contributed by atoms with Gasteiger partial charge in [0.25, 0.3) is 0 Å². The highest BCUT2D eigenvalue weighted by molar-refractivity contribution is 5.90. The molecule has 1 aromatic carbocycles. The predicted octanol–water partition coefficient (Wildman–Crippen LogP) is 2.45. The number of carboxylic acids is 1. The van der Waals surface area contributed by atoms with Crippen molar-refractivity contribution >= 4 is 11.7 Å². The van der Waals surface area contributed by atoms with Gasteiger partial charge in [0, 0.05) is 6.07 Å². The molecule has 0 saturated heterocycles. The van der Waals surface area contributed by atoms with Crippen molar-refractivity contribution in [3.8, 4) is 0 Å². The second-order valence-electron chi connectivity index (χ2n) is 2.91. The molecule has 17 heavy (non-hydrogen) atoms. The molecule has 0 bridgehead atoms. The van der Waals surface area contributed by atoms with Crippen LogP contribution in [-0.4, -0.2) is 16.0 Å².